The molecule has 0 fully saturated rings. The van der Waals surface area contributed by atoms with Gasteiger partial charge in [-0.1, -0.05) is 11.6 Å². The van der Waals surface area contributed by atoms with Gasteiger partial charge in [0.2, 0.25) is 0 Å². The van der Waals surface area contributed by atoms with Crippen molar-refractivity contribution in [2.45, 2.75) is 26.2 Å². The predicted octanol–water partition coefficient (Wildman–Crippen LogP) is 2.52. The molecule has 0 spiro atoms. The summed E-state index contributed by atoms with van der Waals surface area (Å²) in [5.74, 6) is 0.726. The van der Waals surface area contributed by atoms with Gasteiger partial charge in [0, 0.05) is 11.2 Å². The van der Waals surface area contributed by atoms with Crippen LogP contribution in [0.5, 0.6) is 5.75 Å². The average Bonchev–Trinajstić information content (AvgIpc) is 2.19. The number of nitrogens with zero attached hydrogens (tertiary/aromatic N) is 1. The lowest BCUT2D eigenvalue weighted by Crippen LogP contribution is -2.14. The van der Waals surface area contributed by atoms with Crippen LogP contribution >= 0.6 is 11.6 Å². The van der Waals surface area contributed by atoms with Gasteiger partial charge in [-0.2, -0.15) is 0 Å². The van der Waals surface area contributed by atoms with Crippen molar-refractivity contribution >= 4 is 17.8 Å². The minimum atomic E-state index is -0.693. The molecule has 2 atom stereocenters. The fraction of sp³-hybridized carbons (Fsp3) is 0.364. The van der Waals surface area contributed by atoms with Crippen LogP contribution in [-0.2, 0) is 0 Å². The van der Waals surface area contributed by atoms with Crippen molar-refractivity contribution in [1.82, 2.24) is 0 Å². The molecule has 1 unspecified atom stereocenters. The van der Waals surface area contributed by atoms with E-state index in [0.717, 1.165) is 5.75 Å². The third-order valence-corrected chi connectivity index (χ3v) is 1.90. The van der Waals surface area contributed by atoms with Crippen molar-refractivity contribution < 1.29 is 9.84 Å². The molecule has 1 rings (SSSR count). The highest BCUT2D eigenvalue weighted by Gasteiger charge is 2.00. The number of halogens is 1. The van der Waals surface area contributed by atoms with Crippen molar-refractivity contribution in [1.29, 1.82) is 0 Å². The van der Waals surface area contributed by atoms with Gasteiger partial charge in [-0.3, -0.25) is 4.99 Å². The molecule has 0 radical (unpaired) electrons. The lowest BCUT2D eigenvalue weighted by molar-refractivity contribution is 0.203. The first kappa shape index (κ1) is 12.0. The SMILES string of the molecule is CC(O)N=C[C@H](C)Oc1ccc(Cl)cc1. The van der Waals surface area contributed by atoms with E-state index < -0.39 is 6.23 Å². The first-order valence-corrected chi connectivity index (χ1v) is 5.09. The molecule has 0 saturated carbocycles. The molecule has 0 aliphatic rings. The summed E-state index contributed by atoms with van der Waals surface area (Å²) in [7, 11) is 0. The molecule has 0 amide bonds. The van der Waals surface area contributed by atoms with Crippen LogP contribution < -0.4 is 4.74 Å². The summed E-state index contributed by atoms with van der Waals surface area (Å²) in [5.41, 5.74) is 0. The Morgan fingerprint density at radius 3 is 2.47 bits per heavy atom. The van der Waals surface area contributed by atoms with Gasteiger partial charge in [-0.15, -0.1) is 0 Å². The maximum Gasteiger partial charge on any atom is 0.142 e. The minimum absolute atomic E-state index is 0.180. The zero-order chi connectivity index (χ0) is 11.3. The second kappa shape index (κ2) is 5.73. The van der Waals surface area contributed by atoms with Gasteiger partial charge in [0.1, 0.15) is 18.1 Å². The topological polar surface area (TPSA) is 41.8 Å². The lowest BCUT2D eigenvalue weighted by Gasteiger charge is -2.10. The van der Waals surface area contributed by atoms with Crippen LogP contribution in [0.15, 0.2) is 29.3 Å². The molecule has 3 nitrogen and oxygen atoms in total. The minimum Gasteiger partial charge on any atom is -0.485 e. The third kappa shape index (κ3) is 4.81. The first-order chi connectivity index (χ1) is 7.08. The largest absolute Gasteiger partial charge is 0.485 e. The van der Waals surface area contributed by atoms with Gasteiger partial charge in [0.05, 0.1) is 0 Å². The van der Waals surface area contributed by atoms with E-state index in [4.69, 9.17) is 21.4 Å². The molecule has 1 aromatic carbocycles. The fourth-order valence-corrected chi connectivity index (χ4v) is 1.13. The van der Waals surface area contributed by atoms with E-state index >= 15 is 0 Å². The second-order valence-corrected chi connectivity index (χ2v) is 3.64. The normalized spacial score (nSPS) is 15.2. The summed E-state index contributed by atoms with van der Waals surface area (Å²) < 4.78 is 5.50. The summed E-state index contributed by atoms with van der Waals surface area (Å²) in [5, 5.41) is 9.61. The summed E-state index contributed by atoms with van der Waals surface area (Å²) >= 11 is 5.74. The van der Waals surface area contributed by atoms with Crippen LogP contribution in [0, 0.1) is 0 Å². The Kier molecular flexibility index (Phi) is 4.59. The maximum absolute atomic E-state index is 8.93. The molecule has 0 aliphatic heterocycles. The molecule has 1 N–H and O–H groups in total. The number of rotatable bonds is 4. The number of aliphatic imine (C=N–C) groups is 1. The zero-order valence-corrected chi connectivity index (χ0v) is 9.48. The second-order valence-electron chi connectivity index (χ2n) is 3.21. The standard InChI is InChI=1S/C11H14ClNO2/c1-8(7-13-9(2)14)15-11-5-3-10(12)4-6-11/h3-9,14H,1-2H3/t8-,9?/m0/s1. The Hall–Kier alpha value is -1.06. The van der Waals surface area contributed by atoms with E-state index in [0.29, 0.717) is 5.02 Å². The molecule has 0 saturated heterocycles. The lowest BCUT2D eigenvalue weighted by atomic mass is 10.3. The maximum atomic E-state index is 8.93. The summed E-state index contributed by atoms with van der Waals surface area (Å²) in [6, 6.07) is 7.09. The van der Waals surface area contributed by atoms with Crippen molar-refractivity contribution in [2.24, 2.45) is 4.99 Å². The number of aliphatic hydroxyl groups excluding tert-OH is 1. The van der Waals surface area contributed by atoms with Crippen LogP contribution in [0.1, 0.15) is 13.8 Å². The predicted molar refractivity (Wildman–Crippen MR) is 61.7 cm³/mol. The highest BCUT2D eigenvalue weighted by atomic mass is 35.5. The molecule has 15 heavy (non-hydrogen) atoms. The van der Waals surface area contributed by atoms with Gasteiger partial charge in [-0.25, -0.2) is 0 Å². The highest BCUT2D eigenvalue weighted by Crippen LogP contribution is 2.16. The molecule has 0 heterocycles. The van der Waals surface area contributed by atoms with E-state index in [1.54, 1.807) is 37.4 Å². The van der Waals surface area contributed by atoms with Crippen molar-refractivity contribution in [3.8, 4) is 5.75 Å². The van der Waals surface area contributed by atoms with Gasteiger partial charge in [0.25, 0.3) is 0 Å². The molecular weight excluding hydrogens is 214 g/mol. The quantitative estimate of drug-likeness (QED) is 0.804. The van der Waals surface area contributed by atoms with Crippen LogP contribution in [0.3, 0.4) is 0 Å². The van der Waals surface area contributed by atoms with E-state index in [9.17, 15) is 0 Å². The Morgan fingerprint density at radius 1 is 1.33 bits per heavy atom. The monoisotopic (exact) mass is 227 g/mol. The van der Waals surface area contributed by atoms with Gasteiger partial charge in [0.15, 0.2) is 0 Å². The summed E-state index contributed by atoms with van der Waals surface area (Å²) in [6.45, 7) is 3.44. The third-order valence-electron chi connectivity index (χ3n) is 1.65. The van der Waals surface area contributed by atoms with Crippen molar-refractivity contribution in [3.63, 3.8) is 0 Å². The first-order valence-electron chi connectivity index (χ1n) is 4.71. The number of hydrogen-bond acceptors (Lipinski definition) is 3. The smallest absolute Gasteiger partial charge is 0.142 e. The molecule has 1 aromatic rings. The zero-order valence-electron chi connectivity index (χ0n) is 8.72. The van der Waals surface area contributed by atoms with Crippen molar-refractivity contribution in [2.75, 3.05) is 0 Å². The van der Waals surface area contributed by atoms with E-state index in [-0.39, 0.29) is 6.10 Å². The molecule has 4 heteroatoms. The van der Waals surface area contributed by atoms with Crippen LogP contribution in [0.4, 0.5) is 0 Å². The highest BCUT2D eigenvalue weighted by molar-refractivity contribution is 6.30. The Balaban J connectivity index is 2.51. The van der Waals surface area contributed by atoms with Gasteiger partial charge in [-0.05, 0) is 38.1 Å². The van der Waals surface area contributed by atoms with Crippen LogP contribution in [-0.4, -0.2) is 23.7 Å². The van der Waals surface area contributed by atoms with Gasteiger partial charge >= 0.3 is 0 Å². The average molecular weight is 228 g/mol. The summed E-state index contributed by atoms with van der Waals surface area (Å²) in [6.07, 6.45) is 0.696. The molecule has 0 aromatic heterocycles. The summed E-state index contributed by atoms with van der Waals surface area (Å²) in [4.78, 5) is 3.82. The van der Waals surface area contributed by atoms with Crippen LogP contribution in [0.2, 0.25) is 5.02 Å². The number of aliphatic hydroxyl groups is 1. The van der Waals surface area contributed by atoms with Crippen molar-refractivity contribution in [3.05, 3.63) is 29.3 Å². The number of benzene rings is 1. The molecule has 82 valence electrons. The van der Waals surface area contributed by atoms with E-state index in [1.807, 2.05) is 6.92 Å². The van der Waals surface area contributed by atoms with E-state index in [1.165, 1.54) is 0 Å². The van der Waals surface area contributed by atoms with E-state index in [2.05, 4.69) is 4.99 Å². The molecule has 0 aliphatic carbocycles. The molecular formula is C11H14ClNO2. The van der Waals surface area contributed by atoms with Gasteiger partial charge < -0.3 is 9.84 Å². The Morgan fingerprint density at radius 2 is 1.93 bits per heavy atom. The Bertz CT molecular complexity index is 322. The molecule has 0 bridgehead atoms. The number of hydrogen-bond donors (Lipinski definition) is 1. The fourth-order valence-electron chi connectivity index (χ4n) is 1.00. The number of ether oxygens (including phenoxy) is 1. The Labute approximate surface area is 94.4 Å². The van der Waals surface area contributed by atoms with Crippen LogP contribution in [0.25, 0.3) is 0 Å².